The van der Waals surface area contributed by atoms with Crippen LogP contribution in [-0.4, -0.2) is 49.9 Å². The van der Waals surface area contributed by atoms with Crippen molar-refractivity contribution in [2.24, 2.45) is 5.73 Å². The quantitative estimate of drug-likeness (QED) is 0.702. The van der Waals surface area contributed by atoms with Crippen LogP contribution in [-0.2, 0) is 13.1 Å². The number of fused-ring (bicyclic) bond motifs is 1. The molecule has 4 rings (SSSR count). The number of aliphatic hydroxyl groups is 1. The Bertz CT molecular complexity index is 1000. The lowest BCUT2D eigenvalue weighted by Crippen LogP contribution is -2.57. The molecule has 2 aliphatic rings. The maximum absolute atomic E-state index is 13.6. The average molecular weight is 422 g/mol. The van der Waals surface area contributed by atoms with E-state index in [1.807, 2.05) is 6.92 Å². The molecule has 0 atom stereocenters. The second-order valence-electron chi connectivity index (χ2n) is 7.86. The minimum Gasteiger partial charge on any atom is -0.393 e. The molecule has 0 radical (unpaired) electrons. The normalized spacial score (nSPS) is 23.3. The van der Waals surface area contributed by atoms with E-state index in [0.717, 1.165) is 0 Å². The molecular formula is C19H21ClFN5O3. The Balaban J connectivity index is 1.77. The van der Waals surface area contributed by atoms with Gasteiger partial charge < -0.3 is 21.1 Å². The first-order valence-corrected chi connectivity index (χ1v) is 9.65. The molecule has 154 valence electrons. The van der Waals surface area contributed by atoms with Gasteiger partial charge in [0.25, 0.3) is 5.91 Å². The van der Waals surface area contributed by atoms with Crippen molar-refractivity contribution < 1.29 is 19.1 Å². The molecule has 1 aromatic carbocycles. The van der Waals surface area contributed by atoms with Crippen molar-refractivity contribution >= 4 is 23.5 Å². The number of aliphatic hydroxyl groups excluding tert-OH is 1. The summed E-state index contributed by atoms with van der Waals surface area (Å²) in [7, 11) is 0. The largest absolute Gasteiger partial charge is 0.393 e. The minimum absolute atomic E-state index is 0.0762. The van der Waals surface area contributed by atoms with E-state index in [0.29, 0.717) is 48.4 Å². The van der Waals surface area contributed by atoms with E-state index in [9.17, 15) is 19.1 Å². The molecule has 2 aromatic rings. The number of urea groups is 1. The highest BCUT2D eigenvalue weighted by atomic mass is 35.5. The van der Waals surface area contributed by atoms with E-state index in [1.54, 1.807) is 4.68 Å². The third kappa shape index (κ3) is 3.56. The molecule has 3 amide bonds. The smallest absolute Gasteiger partial charge is 0.315 e. The van der Waals surface area contributed by atoms with Crippen molar-refractivity contribution in [3.05, 3.63) is 40.3 Å². The van der Waals surface area contributed by atoms with E-state index >= 15 is 0 Å². The van der Waals surface area contributed by atoms with Crippen LogP contribution in [0.15, 0.2) is 18.2 Å². The van der Waals surface area contributed by atoms with Gasteiger partial charge in [-0.1, -0.05) is 11.6 Å². The van der Waals surface area contributed by atoms with E-state index in [2.05, 4.69) is 10.4 Å². The Labute approximate surface area is 171 Å². The monoisotopic (exact) mass is 421 g/mol. The van der Waals surface area contributed by atoms with Crippen LogP contribution in [0.25, 0.3) is 11.3 Å². The predicted molar refractivity (Wildman–Crippen MR) is 104 cm³/mol. The molecule has 1 aliphatic heterocycles. The first-order valence-electron chi connectivity index (χ1n) is 9.27. The number of nitrogens with zero attached hydrogens (tertiary/aromatic N) is 3. The van der Waals surface area contributed by atoms with Crippen molar-refractivity contribution in [1.29, 1.82) is 0 Å². The zero-order valence-corrected chi connectivity index (χ0v) is 16.5. The van der Waals surface area contributed by atoms with Crippen LogP contribution in [0.4, 0.5) is 9.18 Å². The maximum Gasteiger partial charge on any atom is 0.315 e. The third-order valence-electron chi connectivity index (χ3n) is 5.50. The number of hydrogen-bond donors (Lipinski definition) is 3. The van der Waals surface area contributed by atoms with Gasteiger partial charge in [-0.2, -0.15) is 5.10 Å². The summed E-state index contributed by atoms with van der Waals surface area (Å²) in [5.41, 5.74) is 6.59. The number of halogens is 2. The van der Waals surface area contributed by atoms with Crippen LogP contribution in [0, 0.1) is 5.82 Å². The van der Waals surface area contributed by atoms with Crippen LogP contribution in [0.1, 0.15) is 35.8 Å². The molecule has 29 heavy (non-hydrogen) atoms. The number of aromatic nitrogens is 2. The third-order valence-corrected chi connectivity index (χ3v) is 5.79. The van der Waals surface area contributed by atoms with Crippen molar-refractivity contribution in [1.82, 2.24) is 20.0 Å². The molecule has 8 nitrogen and oxygen atoms in total. The van der Waals surface area contributed by atoms with Gasteiger partial charge in [0, 0.05) is 17.6 Å². The second kappa shape index (κ2) is 7.00. The van der Waals surface area contributed by atoms with Crippen LogP contribution in [0.3, 0.4) is 0 Å². The molecule has 0 unspecified atom stereocenters. The summed E-state index contributed by atoms with van der Waals surface area (Å²) in [6, 6.07) is 3.57. The molecule has 1 aromatic heterocycles. The molecular weight excluding hydrogens is 401 g/mol. The average Bonchev–Trinajstić information content (AvgIpc) is 3.01. The Kier molecular flexibility index (Phi) is 4.74. The number of benzene rings is 1. The summed E-state index contributed by atoms with van der Waals surface area (Å²) in [6.45, 7) is 2.75. The summed E-state index contributed by atoms with van der Waals surface area (Å²) < 4.78 is 15.3. The number of carbonyl (C=O) groups is 2. The summed E-state index contributed by atoms with van der Waals surface area (Å²) >= 11 is 5.93. The van der Waals surface area contributed by atoms with Crippen molar-refractivity contribution in [2.75, 3.05) is 6.54 Å². The van der Waals surface area contributed by atoms with Crippen LogP contribution in [0.5, 0.6) is 0 Å². The fraction of sp³-hybridized carbons (Fsp3) is 0.421. The molecule has 10 heteroatoms. The lowest BCUT2D eigenvalue weighted by molar-refractivity contribution is 0.0127. The number of hydrogen-bond acceptors (Lipinski definition) is 4. The van der Waals surface area contributed by atoms with E-state index in [-0.39, 0.29) is 17.5 Å². The number of nitrogens with one attached hydrogen (secondary N) is 1. The fourth-order valence-electron chi connectivity index (χ4n) is 4.01. The van der Waals surface area contributed by atoms with Gasteiger partial charge in [-0.3, -0.25) is 9.48 Å². The zero-order chi connectivity index (χ0) is 20.9. The Morgan fingerprint density at radius 1 is 1.38 bits per heavy atom. The molecule has 0 spiro atoms. The van der Waals surface area contributed by atoms with Gasteiger partial charge in [0.2, 0.25) is 0 Å². The first kappa shape index (κ1) is 19.7. The van der Waals surface area contributed by atoms with Crippen molar-refractivity contribution in [3.8, 4) is 11.3 Å². The van der Waals surface area contributed by atoms with Gasteiger partial charge in [0.05, 0.1) is 35.5 Å². The molecule has 0 saturated heterocycles. The number of nitrogens with two attached hydrogens (primary N) is 1. The van der Waals surface area contributed by atoms with E-state index < -0.39 is 23.5 Å². The topological polar surface area (TPSA) is 113 Å². The highest BCUT2D eigenvalue weighted by molar-refractivity contribution is 6.31. The molecule has 2 heterocycles. The van der Waals surface area contributed by atoms with Gasteiger partial charge in [-0.05, 0) is 38.0 Å². The molecule has 0 bridgehead atoms. The Morgan fingerprint density at radius 3 is 2.72 bits per heavy atom. The van der Waals surface area contributed by atoms with Gasteiger partial charge >= 0.3 is 6.03 Å². The number of carbonyl (C=O) groups excluding carboxylic acids is 2. The summed E-state index contributed by atoms with van der Waals surface area (Å²) in [5.74, 6) is -0.941. The van der Waals surface area contributed by atoms with Crippen molar-refractivity contribution in [3.63, 3.8) is 0 Å². The summed E-state index contributed by atoms with van der Waals surface area (Å²) in [4.78, 5) is 26.3. The zero-order valence-electron chi connectivity index (χ0n) is 15.8. The van der Waals surface area contributed by atoms with Crippen LogP contribution >= 0.6 is 11.6 Å². The Hall–Kier alpha value is -2.65. The van der Waals surface area contributed by atoms with E-state index in [4.69, 9.17) is 17.3 Å². The second-order valence-corrected chi connectivity index (χ2v) is 8.27. The van der Waals surface area contributed by atoms with Gasteiger partial charge in [-0.25, -0.2) is 9.18 Å². The predicted octanol–water partition coefficient (Wildman–Crippen LogP) is 1.88. The highest BCUT2D eigenvalue weighted by Gasteiger charge is 2.42. The highest BCUT2D eigenvalue weighted by Crippen LogP contribution is 2.34. The SMILES string of the molecule is CC1(NC(=O)c2c(-c3ccc(F)c(Cl)c3)nn3c2CN(C(N)=O)CC3)CC(O)C1. The van der Waals surface area contributed by atoms with Crippen LogP contribution < -0.4 is 11.1 Å². The van der Waals surface area contributed by atoms with E-state index in [1.165, 1.54) is 23.1 Å². The number of amides is 3. The molecule has 1 saturated carbocycles. The van der Waals surface area contributed by atoms with Crippen molar-refractivity contribution in [2.45, 2.75) is 44.5 Å². The number of rotatable bonds is 3. The molecule has 4 N–H and O–H groups in total. The lowest BCUT2D eigenvalue weighted by atomic mass is 9.76. The van der Waals surface area contributed by atoms with Gasteiger partial charge in [0.1, 0.15) is 11.5 Å². The van der Waals surface area contributed by atoms with Gasteiger partial charge in [-0.15, -0.1) is 0 Å². The van der Waals surface area contributed by atoms with Crippen LogP contribution in [0.2, 0.25) is 5.02 Å². The summed E-state index contributed by atoms with van der Waals surface area (Å²) in [5, 5.41) is 17.1. The Morgan fingerprint density at radius 2 is 2.10 bits per heavy atom. The first-order chi connectivity index (χ1) is 13.7. The molecule has 1 aliphatic carbocycles. The minimum atomic E-state index is -0.579. The lowest BCUT2D eigenvalue weighted by Gasteiger charge is -2.43. The fourth-order valence-corrected chi connectivity index (χ4v) is 4.19. The summed E-state index contributed by atoms with van der Waals surface area (Å²) in [6.07, 6.45) is 0.461. The maximum atomic E-state index is 13.6. The van der Waals surface area contributed by atoms with Gasteiger partial charge in [0.15, 0.2) is 0 Å². The molecule has 1 fully saturated rings. The number of primary amides is 1. The standard InChI is InChI=1S/C19H21ClFN5O3/c1-19(7-11(27)8-19)23-17(28)15-14-9-25(18(22)29)4-5-26(14)24-16(15)10-2-3-13(21)12(20)6-10/h2-3,6,11,27H,4-5,7-9H2,1H3,(H2,22,29)(H,23,28).